The second-order valence-electron chi connectivity index (χ2n) is 4.03. The lowest BCUT2D eigenvalue weighted by molar-refractivity contribution is 1.00. The minimum Gasteiger partial charge on any atom is -0.330 e. The predicted molar refractivity (Wildman–Crippen MR) is 75.4 cm³/mol. The molecule has 2 rings (SSSR count). The van der Waals surface area contributed by atoms with E-state index in [9.17, 15) is 0 Å². The quantitative estimate of drug-likeness (QED) is 0.845. The summed E-state index contributed by atoms with van der Waals surface area (Å²) in [5, 5.41) is 12.9. The van der Waals surface area contributed by atoms with Crippen LogP contribution < -0.4 is 5.32 Å². The summed E-state index contributed by atoms with van der Waals surface area (Å²) in [5.41, 5.74) is 2.30. The summed E-state index contributed by atoms with van der Waals surface area (Å²) in [4.78, 5) is 0. The number of hydrogen-bond acceptors (Lipinski definition) is 5. The molecule has 1 N–H and O–H groups in total. The van der Waals surface area contributed by atoms with E-state index in [4.69, 9.17) is 0 Å². The van der Waals surface area contributed by atoms with Crippen molar-refractivity contribution in [3.63, 3.8) is 0 Å². The number of aryl methyl sites for hydroxylation is 1. The fraction of sp³-hybridized carbons (Fsp3) is 0.333. The molecule has 1 aromatic heterocycles. The Morgan fingerprint density at radius 2 is 1.88 bits per heavy atom. The van der Waals surface area contributed by atoms with Gasteiger partial charge in [-0.2, -0.15) is 0 Å². The third-order valence-corrected chi connectivity index (χ3v) is 3.97. The van der Waals surface area contributed by atoms with Crippen molar-refractivity contribution in [3.05, 3.63) is 29.8 Å². The average molecular weight is 265 g/mol. The normalized spacial score (nSPS) is 10.8. The van der Waals surface area contributed by atoms with Gasteiger partial charge in [0.2, 0.25) is 5.13 Å². The standard InChI is InChI=1S/C12H15N3S2/c1-8(2)16-12-15-14-11(17-12)13-10-6-4-9(3)5-7-10/h4-8H,1-3H3,(H,13,14). The SMILES string of the molecule is Cc1ccc(Nc2nnc(SC(C)C)s2)cc1. The first-order chi connectivity index (χ1) is 8.13. The van der Waals surface area contributed by atoms with Gasteiger partial charge in [0, 0.05) is 10.9 Å². The Hall–Kier alpha value is -1.07. The van der Waals surface area contributed by atoms with Gasteiger partial charge in [0.05, 0.1) is 0 Å². The fourth-order valence-electron chi connectivity index (χ4n) is 1.27. The molecule has 1 heterocycles. The summed E-state index contributed by atoms with van der Waals surface area (Å²) in [7, 11) is 0. The largest absolute Gasteiger partial charge is 0.330 e. The van der Waals surface area contributed by atoms with Gasteiger partial charge in [0.1, 0.15) is 0 Å². The van der Waals surface area contributed by atoms with Crippen LogP contribution in [0.2, 0.25) is 0 Å². The fourth-order valence-corrected chi connectivity index (χ4v) is 3.27. The van der Waals surface area contributed by atoms with E-state index in [1.807, 2.05) is 12.1 Å². The van der Waals surface area contributed by atoms with Gasteiger partial charge < -0.3 is 5.32 Å². The van der Waals surface area contributed by atoms with Crippen molar-refractivity contribution < 1.29 is 0 Å². The summed E-state index contributed by atoms with van der Waals surface area (Å²) in [6, 6.07) is 8.25. The van der Waals surface area contributed by atoms with Crippen LogP contribution in [-0.4, -0.2) is 15.4 Å². The van der Waals surface area contributed by atoms with Crippen LogP contribution in [0.15, 0.2) is 28.6 Å². The van der Waals surface area contributed by atoms with Crippen molar-refractivity contribution in [1.82, 2.24) is 10.2 Å². The molecule has 0 fully saturated rings. The Bertz CT molecular complexity index is 477. The van der Waals surface area contributed by atoms with Gasteiger partial charge >= 0.3 is 0 Å². The smallest absolute Gasteiger partial charge is 0.210 e. The van der Waals surface area contributed by atoms with Gasteiger partial charge in [0.25, 0.3) is 0 Å². The van der Waals surface area contributed by atoms with E-state index in [0.717, 1.165) is 15.2 Å². The number of anilines is 2. The molecule has 17 heavy (non-hydrogen) atoms. The van der Waals surface area contributed by atoms with Gasteiger partial charge in [-0.25, -0.2) is 0 Å². The molecule has 0 spiro atoms. The monoisotopic (exact) mass is 265 g/mol. The highest BCUT2D eigenvalue weighted by Gasteiger charge is 2.06. The van der Waals surface area contributed by atoms with Crippen molar-refractivity contribution in [1.29, 1.82) is 0 Å². The van der Waals surface area contributed by atoms with Gasteiger partial charge in [-0.3, -0.25) is 0 Å². The molecule has 0 atom stereocenters. The average Bonchev–Trinajstić information content (AvgIpc) is 2.68. The molecule has 0 bridgehead atoms. The van der Waals surface area contributed by atoms with Crippen LogP contribution in [0.4, 0.5) is 10.8 Å². The zero-order valence-electron chi connectivity index (χ0n) is 10.1. The lowest BCUT2D eigenvalue weighted by Crippen LogP contribution is -1.88. The van der Waals surface area contributed by atoms with Gasteiger partial charge in [-0.05, 0) is 19.1 Å². The van der Waals surface area contributed by atoms with E-state index >= 15 is 0 Å². The van der Waals surface area contributed by atoms with E-state index in [1.165, 1.54) is 5.56 Å². The molecule has 0 saturated carbocycles. The van der Waals surface area contributed by atoms with E-state index in [2.05, 4.69) is 48.4 Å². The first kappa shape index (κ1) is 12.4. The second kappa shape index (κ2) is 5.51. The maximum atomic E-state index is 4.14. The Morgan fingerprint density at radius 3 is 2.53 bits per heavy atom. The van der Waals surface area contributed by atoms with Crippen LogP contribution in [0, 0.1) is 6.92 Å². The molecule has 90 valence electrons. The summed E-state index contributed by atoms with van der Waals surface area (Å²) < 4.78 is 1.01. The number of hydrogen-bond donors (Lipinski definition) is 1. The highest BCUT2D eigenvalue weighted by Crippen LogP contribution is 2.29. The molecule has 0 aliphatic carbocycles. The van der Waals surface area contributed by atoms with Crippen LogP contribution in [-0.2, 0) is 0 Å². The minimum atomic E-state index is 0.537. The van der Waals surface area contributed by atoms with Crippen molar-refractivity contribution in [2.75, 3.05) is 5.32 Å². The molecule has 1 aromatic carbocycles. The first-order valence-corrected chi connectivity index (χ1v) is 7.17. The van der Waals surface area contributed by atoms with E-state index in [1.54, 1.807) is 23.1 Å². The highest BCUT2D eigenvalue weighted by atomic mass is 32.2. The molecule has 0 unspecified atom stereocenters. The molecule has 0 aliphatic rings. The van der Waals surface area contributed by atoms with Crippen molar-refractivity contribution in [2.45, 2.75) is 30.4 Å². The predicted octanol–water partition coefficient (Wildman–Crippen LogP) is 4.09. The molecular formula is C12H15N3S2. The Morgan fingerprint density at radius 1 is 1.18 bits per heavy atom. The third-order valence-electron chi connectivity index (χ3n) is 2.05. The van der Waals surface area contributed by atoms with Crippen molar-refractivity contribution in [3.8, 4) is 0 Å². The Balaban J connectivity index is 2.03. The maximum Gasteiger partial charge on any atom is 0.210 e. The molecule has 2 aromatic rings. The van der Waals surface area contributed by atoms with Crippen LogP contribution in [0.3, 0.4) is 0 Å². The van der Waals surface area contributed by atoms with E-state index in [0.29, 0.717) is 5.25 Å². The van der Waals surface area contributed by atoms with Crippen LogP contribution in [0.5, 0.6) is 0 Å². The van der Waals surface area contributed by atoms with E-state index in [-0.39, 0.29) is 0 Å². The second-order valence-corrected chi connectivity index (χ2v) is 6.83. The molecule has 0 radical (unpaired) electrons. The number of rotatable bonds is 4. The third kappa shape index (κ3) is 3.71. The molecule has 0 amide bonds. The van der Waals surface area contributed by atoms with Gasteiger partial charge in [-0.1, -0.05) is 54.6 Å². The van der Waals surface area contributed by atoms with Crippen LogP contribution in [0.1, 0.15) is 19.4 Å². The number of thioether (sulfide) groups is 1. The van der Waals surface area contributed by atoms with Crippen molar-refractivity contribution in [2.24, 2.45) is 0 Å². The Kier molecular flexibility index (Phi) is 4.02. The maximum absolute atomic E-state index is 4.14. The molecule has 0 saturated heterocycles. The molecule has 5 heteroatoms. The topological polar surface area (TPSA) is 37.8 Å². The Labute approximate surface area is 110 Å². The van der Waals surface area contributed by atoms with Crippen molar-refractivity contribution >= 4 is 33.9 Å². The van der Waals surface area contributed by atoms with Crippen LogP contribution in [0.25, 0.3) is 0 Å². The van der Waals surface area contributed by atoms with Gasteiger partial charge in [-0.15, -0.1) is 10.2 Å². The first-order valence-electron chi connectivity index (χ1n) is 5.47. The molecular weight excluding hydrogens is 250 g/mol. The zero-order chi connectivity index (χ0) is 12.3. The number of nitrogens with zero attached hydrogens (tertiary/aromatic N) is 2. The molecule has 0 aliphatic heterocycles. The number of aromatic nitrogens is 2. The number of nitrogens with one attached hydrogen (secondary N) is 1. The highest BCUT2D eigenvalue weighted by molar-refractivity contribution is 8.01. The zero-order valence-corrected chi connectivity index (χ0v) is 11.7. The molecule has 3 nitrogen and oxygen atoms in total. The lowest BCUT2D eigenvalue weighted by atomic mass is 10.2. The summed E-state index contributed by atoms with van der Waals surface area (Å²) in [5.74, 6) is 0. The minimum absolute atomic E-state index is 0.537. The van der Waals surface area contributed by atoms with Gasteiger partial charge in [0.15, 0.2) is 4.34 Å². The number of benzene rings is 1. The summed E-state index contributed by atoms with van der Waals surface area (Å²) >= 11 is 3.33. The summed E-state index contributed by atoms with van der Waals surface area (Å²) in [6.45, 7) is 6.38. The lowest BCUT2D eigenvalue weighted by Gasteiger charge is -2.01. The van der Waals surface area contributed by atoms with E-state index < -0.39 is 0 Å². The van der Waals surface area contributed by atoms with Crippen LogP contribution >= 0.6 is 23.1 Å². The summed E-state index contributed by atoms with van der Waals surface area (Å²) in [6.07, 6.45) is 0.